The van der Waals surface area contributed by atoms with Gasteiger partial charge >= 0.3 is 5.97 Å². The van der Waals surface area contributed by atoms with Gasteiger partial charge in [0.1, 0.15) is 0 Å². The Bertz CT molecular complexity index is 276. The van der Waals surface area contributed by atoms with Gasteiger partial charge in [-0.2, -0.15) is 10.5 Å². The van der Waals surface area contributed by atoms with Crippen LogP contribution in [0.15, 0.2) is 0 Å². The van der Waals surface area contributed by atoms with E-state index in [4.69, 9.17) is 20.7 Å². The van der Waals surface area contributed by atoms with Gasteiger partial charge in [-0.1, -0.05) is 0 Å². The van der Waals surface area contributed by atoms with Crippen LogP contribution < -0.4 is 0 Å². The van der Waals surface area contributed by atoms with Crippen LogP contribution in [0.25, 0.3) is 0 Å². The second-order valence-electron chi connectivity index (χ2n) is 1.65. The summed E-state index contributed by atoms with van der Waals surface area (Å²) in [5.74, 6) is 1.29. The first-order valence-electron chi connectivity index (χ1n) is 2.67. The molecule has 0 saturated carbocycles. The standard InChI is InChI=1S/C6H4O7/c7-5(8)6(9,1-3-12-10)2-4-13-11/h9-11H,(H,7,8). The molecule has 0 aromatic rings. The van der Waals surface area contributed by atoms with Crippen LogP contribution >= 0.6 is 0 Å². The second-order valence-corrected chi connectivity index (χ2v) is 1.65. The highest BCUT2D eigenvalue weighted by atomic mass is 17.1. The van der Waals surface area contributed by atoms with E-state index < -0.39 is 11.6 Å². The Kier molecular flexibility index (Phi) is 4.13. The summed E-state index contributed by atoms with van der Waals surface area (Å²) in [5.41, 5.74) is -2.77. The normalized spacial score (nSPS) is 8.54. The lowest BCUT2D eigenvalue weighted by Gasteiger charge is -2.05. The quantitative estimate of drug-likeness (QED) is 0.229. The molecule has 0 aliphatic carbocycles. The number of hydrogen-bond donors (Lipinski definition) is 4. The van der Waals surface area contributed by atoms with E-state index in [0.29, 0.717) is 0 Å². The summed E-state index contributed by atoms with van der Waals surface area (Å²) in [4.78, 5) is 16.7. The fourth-order valence-electron chi connectivity index (χ4n) is 0.332. The lowest BCUT2D eigenvalue weighted by molar-refractivity contribution is -0.173. The molecule has 0 heterocycles. The average Bonchev–Trinajstić information content (AvgIpc) is 2.11. The smallest absolute Gasteiger partial charge is 0.362 e. The van der Waals surface area contributed by atoms with Crippen LogP contribution in [0, 0.1) is 24.1 Å². The van der Waals surface area contributed by atoms with Gasteiger partial charge in [0.25, 0.3) is 5.60 Å². The number of carboxylic acid groups (broad SMARTS) is 1. The number of rotatable bonds is 1. The highest BCUT2D eigenvalue weighted by Crippen LogP contribution is 2.00. The van der Waals surface area contributed by atoms with Gasteiger partial charge in [-0.25, -0.2) is 4.79 Å². The van der Waals surface area contributed by atoms with Crippen molar-refractivity contribution in [1.29, 1.82) is 0 Å². The maximum absolute atomic E-state index is 10.3. The zero-order valence-corrected chi connectivity index (χ0v) is 6.01. The highest BCUT2D eigenvalue weighted by Gasteiger charge is 2.32. The molecule has 0 saturated heterocycles. The van der Waals surface area contributed by atoms with Gasteiger partial charge < -0.3 is 10.2 Å². The van der Waals surface area contributed by atoms with Crippen LogP contribution in [0.4, 0.5) is 0 Å². The van der Waals surface area contributed by atoms with Crippen molar-refractivity contribution in [3.05, 3.63) is 0 Å². The molecule has 0 radical (unpaired) electrons. The molecule has 0 aliphatic heterocycles. The molecule has 0 rings (SSSR count). The van der Waals surface area contributed by atoms with E-state index >= 15 is 0 Å². The Labute approximate surface area is 72.0 Å². The SMILES string of the molecule is O=C(O)C(O)(C#COO)C#COO. The van der Waals surface area contributed by atoms with Crippen LogP contribution in [0.5, 0.6) is 0 Å². The topological polar surface area (TPSA) is 116 Å². The number of hydrogen-bond acceptors (Lipinski definition) is 6. The summed E-state index contributed by atoms with van der Waals surface area (Å²) in [7, 11) is 0. The first kappa shape index (κ1) is 11.1. The molecule has 0 atom stereocenters. The molecular formula is C6H4O7. The van der Waals surface area contributed by atoms with Crippen LogP contribution in [-0.2, 0) is 14.6 Å². The minimum Gasteiger partial charge on any atom is -0.478 e. The van der Waals surface area contributed by atoms with Gasteiger partial charge in [-0.05, 0) is 0 Å². The lowest BCUT2D eigenvalue weighted by Crippen LogP contribution is -2.35. The largest absolute Gasteiger partial charge is 0.478 e. The molecule has 0 aromatic carbocycles. The molecule has 0 fully saturated rings. The molecular weight excluding hydrogens is 184 g/mol. The van der Waals surface area contributed by atoms with Crippen LogP contribution in [0.2, 0.25) is 0 Å². The Morgan fingerprint density at radius 1 is 1.15 bits per heavy atom. The van der Waals surface area contributed by atoms with E-state index in [1.165, 1.54) is 12.2 Å². The van der Waals surface area contributed by atoms with Crippen molar-refractivity contribution in [2.75, 3.05) is 0 Å². The maximum Gasteiger partial charge on any atom is 0.362 e. The van der Waals surface area contributed by atoms with E-state index in [1.54, 1.807) is 11.8 Å². The van der Waals surface area contributed by atoms with Gasteiger partial charge in [-0.3, -0.25) is 9.78 Å². The molecule has 70 valence electrons. The summed E-state index contributed by atoms with van der Waals surface area (Å²) in [6.45, 7) is 0. The van der Waals surface area contributed by atoms with Gasteiger partial charge in [0.05, 0.1) is 0 Å². The zero-order valence-electron chi connectivity index (χ0n) is 6.01. The van der Waals surface area contributed by atoms with Crippen molar-refractivity contribution < 1.29 is 35.3 Å². The minimum atomic E-state index is -2.77. The summed E-state index contributed by atoms with van der Waals surface area (Å²) in [6.07, 6.45) is 2.83. The van der Waals surface area contributed by atoms with Crippen LogP contribution in [0.1, 0.15) is 0 Å². The van der Waals surface area contributed by atoms with Crippen molar-refractivity contribution in [1.82, 2.24) is 0 Å². The third kappa shape index (κ3) is 3.31. The lowest BCUT2D eigenvalue weighted by atomic mass is 10.1. The molecule has 0 unspecified atom stereocenters. The third-order valence-corrected chi connectivity index (χ3v) is 0.865. The Balaban J connectivity index is 4.84. The fourth-order valence-corrected chi connectivity index (χ4v) is 0.332. The summed E-state index contributed by atoms with van der Waals surface area (Å²) in [6, 6.07) is 0. The second kappa shape index (κ2) is 4.85. The van der Waals surface area contributed by atoms with Gasteiger partial charge in [0.2, 0.25) is 0 Å². The molecule has 0 spiro atoms. The molecule has 4 N–H and O–H groups in total. The van der Waals surface area contributed by atoms with E-state index in [-0.39, 0.29) is 0 Å². The summed E-state index contributed by atoms with van der Waals surface area (Å²) in [5, 5.41) is 32.8. The Morgan fingerprint density at radius 2 is 1.54 bits per heavy atom. The number of aliphatic carboxylic acids is 1. The molecule has 7 nitrogen and oxygen atoms in total. The third-order valence-electron chi connectivity index (χ3n) is 0.865. The molecule has 13 heavy (non-hydrogen) atoms. The number of carbonyl (C=O) groups is 1. The van der Waals surface area contributed by atoms with Crippen molar-refractivity contribution in [2.24, 2.45) is 0 Å². The van der Waals surface area contributed by atoms with E-state index in [1.807, 2.05) is 0 Å². The molecule has 7 heteroatoms. The van der Waals surface area contributed by atoms with Gasteiger partial charge in [0, 0.05) is 11.8 Å². The molecule has 0 amide bonds. The van der Waals surface area contributed by atoms with Crippen LogP contribution in [0.3, 0.4) is 0 Å². The fraction of sp³-hybridized carbons (Fsp3) is 0.167. The number of aliphatic hydroxyl groups is 1. The Hall–Kier alpha value is -1.93. The van der Waals surface area contributed by atoms with Crippen molar-refractivity contribution in [3.63, 3.8) is 0 Å². The monoisotopic (exact) mass is 188 g/mol. The molecule has 0 bridgehead atoms. The number of carboxylic acids is 1. The van der Waals surface area contributed by atoms with Crippen molar-refractivity contribution in [3.8, 4) is 24.1 Å². The Morgan fingerprint density at radius 3 is 1.77 bits per heavy atom. The van der Waals surface area contributed by atoms with E-state index in [9.17, 15) is 4.79 Å². The summed E-state index contributed by atoms with van der Waals surface area (Å²) >= 11 is 0. The zero-order chi connectivity index (χ0) is 10.3. The highest BCUT2D eigenvalue weighted by molar-refractivity contribution is 5.85. The van der Waals surface area contributed by atoms with Crippen LogP contribution in [-0.4, -0.2) is 32.3 Å². The molecule has 0 aromatic heterocycles. The first-order valence-corrected chi connectivity index (χ1v) is 2.67. The first-order chi connectivity index (χ1) is 6.06. The molecule has 0 aliphatic rings. The van der Waals surface area contributed by atoms with E-state index in [2.05, 4.69) is 9.78 Å². The van der Waals surface area contributed by atoms with E-state index in [0.717, 1.165) is 0 Å². The average molecular weight is 188 g/mol. The van der Waals surface area contributed by atoms with Crippen molar-refractivity contribution >= 4 is 5.97 Å². The minimum absolute atomic E-state index is 1.41. The summed E-state index contributed by atoms with van der Waals surface area (Å²) < 4.78 is 0. The van der Waals surface area contributed by atoms with Crippen molar-refractivity contribution in [2.45, 2.75) is 5.60 Å². The van der Waals surface area contributed by atoms with Gasteiger partial charge in [-0.15, -0.1) is 0 Å². The predicted molar refractivity (Wildman–Crippen MR) is 35.6 cm³/mol. The van der Waals surface area contributed by atoms with Gasteiger partial charge in [0.15, 0.2) is 12.2 Å². The maximum atomic E-state index is 10.3. The predicted octanol–water partition coefficient (Wildman–Crippen LogP) is -1.30.